The zero-order valence-corrected chi connectivity index (χ0v) is 12.8. The van der Waals surface area contributed by atoms with Crippen molar-refractivity contribution in [2.24, 2.45) is 0 Å². The first-order valence-corrected chi connectivity index (χ1v) is 7.08. The minimum atomic E-state index is -0.837. The number of halogens is 1. The van der Waals surface area contributed by atoms with E-state index >= 15 is 0 Å². The number of aromatic nitrogens is 2. The summed E-state index contributed by atoms with van der Waals surface area (Å²) in [5.41, 5.74) is 0. The summed E-state index contributed by atoms with van der Waals surface area (Å²) in [7, 11) is 1.77. The van der Waals surface area contributed by atoms with Crippen molar-refractivity contribution >= 4 is 27.8 Å². The van der Waals surface area contributed by atoms with Crippen LogP contribution in [0.25, 0.3) is 0 Å². The van der Waals surface area contributed by atoms with E-state index in [-0.39, 0.29) is 12.6 Å². The van der Waals surface area contributed by atoms with Gasteiger partial charge in [0, 0.05) is 32.0 Å². The summed E-state index contributed by atoms with van der Waals surface area (Å²) >= 11 is 3.31. The predicted octanol–water partition coefficient (Wildman–Crippen LogP) is 0.461. The van der Waals surface area contributed by atoms with Gasteiger partial charge in [-0.2, -0.15) is 0 Å². The second-order valence-electron chi connectivity index (χ2n) is 4.73. The summed E-state index contributed by atoms with van der Waals surface area (Å²) in [6.45, 7) is 2.56. The van der Waals surface area contributed by atoms with E-state index < -0.39 is 5.97 Å². The third-order valence-electron chi connectivity index (χ3n) is 2.95. The number of rotatable bonds is 5. The number of carboxylic acid groups (broad SMARTS) is 1. The summed E-state index contributed by atoms with van der Waals surface area (Å²) in [6.07, 6.45) is 3.38. The van der Waals surface area contributed by atoms with Gasteiger partial charge in [0.05, 0.1) is 23.7 Å². The molecule has 0 amide bonds. The first kappa shape index (κ1) is 15.1. The Hall–Kier alpha value is -1.25. The zero-order valence-electron chi connectivity index (χ0n) is 11.2. The molecule has 1 aromatic rings. The van der Waals surface area contributed by atoms with Crippen LogP contribution >= 0.6 is 15.9 Å². The highest BCUT2D eigenvalue weighted by molar-refractivity contribution is 9.10. The Bertz CT molecular complexity index is 457. The lowest BCUT2D eigenvalue weighted by Gasteiger charge is -2.34. The van der Waals surface area contributed by atoms with Crippen molar-refractivity contribution in [1.29, 1.82) is 0 Å². The first-order valence-electron chi connectivity index (χ1n) is 6.29. The molecule has 1 aliphatic heterocycles. The van der Waals surface area contributed by atoms with E-state index in [9.17, 15) is 4.79 Å². The molecule has 1 atom stereocenters. The van der Waals surface area contributed by atoms with Gasteiger partial charge in [0.25, 0.3) is 0 Å². The molecule has 1 aromatic heterocycles. The van der Waals surface area contributed by atoms with Gasteiger partial charge in [-0.25, -0.2) is 9.97 Å². The molecule has 7 nitrogen and oxygen atoms in total. The van der Waals surface area contributed by atoms with E-state index in [1.54, 1.807) is 24.3 Å². The minimum absolute atomic E-state index is 0.00858. The number of likely N-dealkylation sites (N-methyl/N-ethyl adjacent to an activating group) is 1. The third kappa shape index (κ3) is 4.39. The summed E-state index contributed by atoms with van der Waals surface area (Å²) in [4.78, 5) is 23.0. The van der Waals surface area contributed by atoms with E-state index in [0.29, 0.717) is 25.6 Å². The number of carboxylic acids is 1. The fraction of sp³-hybridized carbons (Fsp3) is 0.583. The standard InChI is InChI=1S/C12H17BrN4O3/c1-16(8-11(18)19)6-10-7-17(2-3-20-10)12-14-4-9(13)5-15-12/h4-5,10H,2-3,6-8H2,1H3,(H,18,19). The lowest BCUT2D eigenvalue weighted by Crippen LogP contribution is -2.48. The molecule has 0 spiro atoms. The summed E-state index contributed by atoms with van der Waals surface area (Å²) in [5.74, 6) is -0.168. The van der Waals surface area contributed by atoms with Crippen LogP contribution in [0.5, 0.6) is 0 Å². The number of ether oxygens (including phenoxy) is 1. The van der Waals surface area contributed by atoms with Gasteiger partial charge in [0.2, 0.25) is 5.95 Å². The SMILES string of the molecule is CN(CC(=O)O)CC1CN(c2ncc(Br)cn2)CCO1. The molecular formula is C12H17BrN4O3. The monoisotopic (exact) mass is 344 g/mol. The lowest BCUT2D eigenvalue weighted by molar-refractivity contribution is -0.138. The van der Waals surface area contributed by atoms with Crippen molar-refractivity contribution in [3.63, 3.8) is 0 Å². The lowest BCUT2D eigenvalue weighted by atomic mass is 10.2. The molecule has 20 heavy (non-hydrogen) atoms. The Morgan fingerprint density at radius 2 is 2.30 bits per heavy atom. The van der Waals surface area contributed by atoms with Gasteiger partial charge in [-0.3, -0.25) is 9.69 Å². The molecular weight excluding hydrogens is 328 g/mol. The Labute approximate surface area is 125 Å². The van der Waals surface area contributed by atoms with Crippen molar-refractivity contribution in [3.05, 3.63) is 16.9 Å². The fourth-order valence-electron chi connectivity index (χ4n) is 2.12. The molecule has 1 saturated heterocycles. The number of hydrogen-bond acceptors (Lipinski definition) is 6. The number of carbonyl (C=O) groups is 1. The van der Waals surface area contributed by atoms with Crippen LogP contribution in [0.1, 0.15) is 0 Å². The van der Waals surface area contributed by atoms with Gasteiger partial charge in [0.15, 0.2) is 0 Å². The average molecular weight is 345 g/mol. The maximum absolute atomic E-state index is 10.7. The second kappa shape index (κ2) is 6.96. The molecule has 1 aliphatic rings. The minimum Gasteiger partial charge on any atom is -0.480 e. The molecule has 1 N–H and O–H groups in total. The molecule has 0 radical (unpaired) electrons. The van der Waals surface area contributed by atoms with Crippen LogP contribution in [0.2, 0.25) is 0 Å². The van der Waals surface area contributed by atoms with E-state index in [4.69, 9.17) is 9.84 Å². The van der Waals surface area contributed by atoms with Crippen molar-refractivity contribution in [1.82, 2.24) is 14.9 Å². The Morgan fingerprint density at radius 3 is 2.95 bits per heavy atom. The molecule has 0 aliphatic carbocycles. The molecule has 110 valence electrons. The molecule has 0 bridgehead atoms. The number of hydrogen-bond donors (Lipinski definition) is 1. The van der Waals surface area contributed by atoms with Gasteiger partial charge >= 0.3 is 5.97 Å². The Morgan fingerprint density at radius 1 is 1.60 bits per heavy atom. The van der Waals surface area contributed by atoms with E-state index in [1.165, 1.54) is 0 Å². The molecule has 2 rings (SSSR count). The van der Waals surface area contributed by atoms with Gasteiger partial charge < -0.3 is 14.7 Å². The van der Waals surface area contributed by atoms with Crippen LogP contribution < -0.4 is 4.90 Å². The van der Waals surface area contributed by atoms with E-state index in [0.717, 1.165) is 11.0 Å². The van der Waals surface area contributed by atoms with E-state index in [2.05, 4.69) is 30.8 Å². The molecule has 0 saturated carbocycles. The summed E-state index contributed by atoms with van der Waals surface area (Å²) in [6, 6.07) is 0. The summed E-state index contributed by atoms with van der Waals surface area (Å²) in [5, 5.41) is 8.75. The highest BCUT2D eigenvalue weighted by Crippen LogP contribution is 2.15. The average Bonchev–Trinajstić information content (AvgIpc) is 2.38. The maximum atomic E-state index is 10.7. The van der Waals surface area contributed by atoms with Crippen LogP contribution in [0.3, 0.4) is 0 Å². The molecule has 2 heterocycles. The zero-order chi connectivity index (χ0) is 14.5. The van der Waals surface area contributed by atoms with E-state index in [1.807, 2.05) is 0 Å². The van der Waals surface area contributed by atoms with Gasteiger partial charge in [-0.05, 0) is 23.0 Å². The maximum Gasteiger partial charge on any atom is 0.317 e. The number of aliphatic carboxylic acids is 1. The number of morpholine rings is 1. The topological polar surface area (TPSA) is 78.8 Å². The van der Waals surface area contributed by atoms with Crippen LogP contribution in [-0.4, -0.2) is 71.9 Å². The van der Waals surface area contributed by atoms with Crippen molar-refractivity contribution < 1.29 is 14.6 Å². The van der Waals surface area contributed by atoms with Gasteiger partial charge in [-0.15, -0.1) is 0 Å². The highest BCUT2D eigenvalue weighted by Gasteiger charge is 2.23. The summed E-state index contributed by atoms with van der Waals surface area (Å²) < 4.78 is 6.50. The molecule has 1 fully saturated rings. The normalized spacial score (nSPS) is 19.4. The smallest absolute Gasteiger partial charge is 0.317 e. The van der Waals surface area contributed by atoms with Gasteiger partial charge in [0.1, 0.15) is 0 Å². The van der Waals surface area contributed by atoms with Crippen molar-refractivity contribution in [2.45, 2.75) is 6.10 Å². The number of nitrogens with zero attached hydrogens (tertiary/aromatic N) is 4. The quantitative estimate of drug-likeness (QED) is 0.831. The van der Waals surface area contributed by atoms with Crippen molar-refractivity contribution in [3.8, 4) is 0 Å². The number of anilines is 1. The van der Waals surface area contributed by atoms with Gasteiger partial charge in [-0.1, -0.05) is 0 Å². The third-order valence-corrected chi connectivity index (χ3v) is 3.36. The molecule has 0 aromatic carbocycles. The van der Waals surface area contributed by atoms with Crippen LogP contribution in [0.15, 0.2) is 16.9 Å². The first-order chi connectivity index (χ1) is 9.54. The Kier molecular flexibility index (Phi) is 5.27. The predicted molar refractivity (Wildman–Crippen MR) is 76.8 cm³/mol. The molecule has 8 heteroatoms. The second-order valence-corrected chi connectivity index (χ2v) is 5.65. The molecule has 1 unspecified atom stereocenters. The fourth-order valence-corrected chi connectivity index (χ4v) is 2.33. The van der Waals surface area contributed by atoms with Crippen LogP contribution in [-0.2, 0) is 9.53 Å². The van der Waals surface area contributed by atoms with Crippen molar-refractivity contribution in [2.75, 3.05) is 44.7 Å². The Balaban J connectivity index is 1.91. The highest BCUT2D eigenvalue weighted by atomic mass is 79.9. The van der Waals surface area contributed by atoms with Crippen LogP contribution in [0.4, 0.5) is 5.95 Å². The largest absolute Gasteiger partial charge is 0.480 e. The van der Waals surface area contributed by atoms with Crippen LogP contribution in [0, 0.1) is 0 Å².